The smallest absolute Gasteiger partial charge is 0.239 e. The fraction of sp³-hybridized carbons (Fsp3) is 0.952. The zero-order valence-electron chi connectivity index (χ0n) is 16.5. The highest BCUT2D eigenvalue weighted by atomic mass is 16.5. The maximum absolute atomic E-state index is 13.2. The van der Waals surface area contributed by atoms with Gasteiger partial charge in [-0.1, -0.05) is 0 Å². The van der Waals surface area contributed by atoms with Crippen molar-refractivity contribution in [2.45, 2.75) is 44.2 Å². The summed E-state index contributed by atoms with van der Waals surface area (Å²) >= 11 is 0. The fourth-order valence-corrected chi connectivity index (χ4v) is 6.66. The zero-order chi connectivity index (χ0) is 18.2. The van der Waals surface area contributed by atoms with Crippen LogP contribution < -0.4 is 5.32 Å². The molecule has 152 valence electrons. The number of carbonyl (C=O) groups excluding carboxylic acids is 1. The van der Waals surface area contributed by atoms with Crippen molar-refractivity contribution < 1.29 is 14.3 Å². The molecule has 1 amide bonds. The van der Waals surface area contributed by atoms with E-state index in [1.165, 1.54) is 32.1 Å². The average molecular weight is 378 g/mol. The highest BCUT2D eigenvalue weighted by Crippen LogP contribution is 2.53. The largest absolute Gasteiger partial charge is 0.379 e. The maximum atomic E-state index is 13.2. The van der Waals surface area contributed by atoms with E-state index in [0.29, 0.717) is 12.6 Å². The summed E-state index contributed by atoms with van der Waals surface area (Å²) in [5, 5.41) is 3.51. The highest BCUT2D eigenvalue weighted by molar-refractivity contribution is 5.82. The van der Waals surface area contributed by atoms with E-state index >= 15 is 0 Å². The average Bonchev–Trinajstić information content (AvgIpc) is 2.69. The minimum absolute atomic E-state index is 0.114. The van der Waals surface area contributed by atoms with Crippen LogP contribution in [0.2, 0.25) is 0 Å². The number of morpholine rings is 2. The Morgan fingerprint density at radius 1 is 0.852 bits per heavy atom. The van der Waals surface area contributed by atoms with Gasteiger partial charge in [0.25, 0.3) is 0 Å². The van der Waals surface area contributed by atoms with Crippen molar-refractivity contribution in [3.05, 3.63) is 0 Å². The number of nitrogens with zero attached hydrogens (tertiary/aromatic N) is 2. The van der Waals surface area contributed by atoms with E-state index < -0.39 is 0 Å². The summed E-state index contributed by atoms with van der Waals surface area (Å²) in [5.41, 5.74) is 0. The lowest BCUT2D eigenvalue weighted by atomic mass is 9.54. The van der Waals surface area contributed by atoms with Gasteiger partial charge in [-0.2, -0.15) is 0 Å². The summed E-state index contributed by atoms with van der Waals surface area (Å²) in [6.45, 7) is 7.80. The van der Waals surface area contributed by atoms with E-state index in [1.54, 1.807) is 0 Å². The van der Waals surface area contributed by atoms with Crippen molar-refractivity contribution in [2.24, 2.45) is 23.7 Å². The van der Waals surface area contributed by atoms with Crippen LogP contribution in [0.3, 0.4) is 0 Å². The lowest BCUT2D eigenvalue weighted by Gasteiger charge is -2.54. The van der Waals surface area contributed by atoms with E-state index in [-0.39, 0.29) is 11.9 Å². The molecule has 4 saturated carbocycles. The summed E-state index contributed by atoms with van der Waals surface area (Å²) < 4.78 is 11.1. The van der Waals surface area contributed by atoms with Gasteiger partial charge in [0.1, 0.15) is 6.04 Å². The van der Waals surface area contributed by atoms with Gasteiger partial charge in [0.05, 0.1) is 26.4 Å². The van der Waals surface area contributed by atoms with Gasteiger partial charge in [0.2, 0.25) is 5.91 Å². The van der Waals surface area contributed by atoms with Crippen LogP contribution in [0.1, 0.15) is 32.1 Å². The minimum atomic E-state index is -0.114. The molecule has 0 radical (unpaired) electrons. The fourth-order valence-electron chi connectivity index (χ4n) is 6.66. The Bertz CT molecular complexity index is 509. The Morgan fingerprint density at radius 2 is 1.52 bits per heavy atom. The molecule has 0 aromatic rings. The standard InChI is InChI=1S/C21H35N3O3/c25-21(22-20-17-10-15-9-16(12-17)13-18(20)11-15)19-14-27-8-5-24(19)2-1-23-3-6-26-7-4-23/h15-20H,1-14H2,(H,22,25)/t15?,16?,17?,18?,19-,20?/m1/s1. The summed E-state index contributed by atoms with van der Waals surface area (Å²) in [4.78, 5) is 18.0. The third kappa shape index (κ3) is 3.91. The van der Waals surface area contributed by atoms with Crippen LogP contribution in [0.4, 0.5) is 0 Å². The van der Waals surface area contributed by atoms with Gasteiger partial charge in [-0.3, -0.25) is 14.6 Å². The first-order valence-electron chi connectivity index (χ1n) is 11.2. The summed E-state index contributed by atoms with van der Waals surface area (Å²) in [6.07, 6.45) is 6.85. The lowest BCUT2D eigenvalue weighted by Crippen LogP contribution is -2.61. The Kier molecular flexibility index (Phi) is 5.42. The monoisotopic (exact) mass is 377 g/mol. The number of amides is 1. The Morgan fingerprint density at radius 3 is 2.22 bits per heavy atom. The van der Waals surface area contributed by atoms with Gasteiger partial charge in [-0.25, -0.2) is 0 Å². The summed E-state index contributed by atoms with van der Waals surface area (Å²) in [5.74, 6) is 3.58. The molecule has 0 unspecified atom stereocenters. The normalized spacial score (nSPS) is 42.4. The van der Waals surface area contributed by atoms with Crippen molar-refractivity contribution in [1.82, 2.24) is 15.1 Å². The van der Waals surface area contributed by atoms with Crippen LogP contribution in [0.5, 0.6) is 0 Å². The molecule has 27 heavy (non-hydrogen) atoms. The first kappa shape index (κ1) is 18.3. The molecule has 1 atom stereocenters. The molecule has 2 heterocycles. The number of rotatable bonds is 5. The summed E-state index contributed by atoms with van der Waals surface area (Å²) in [6, 6.07) is 0.310. The Hall–Kier alpha value is -0.690. The molecule has 2 saturated heterocycles. The highest BCUT2D eigenvalue weighted by Gasteiger charge is 2.49. The topological polar surface area (TPSA) is 54.0 Å². The molecule has 0 spiro atoms. The van der Waals surface area contributed by atoms with Gasteiger partial charge < -0.3 is 14.8 Å². The second kappa shape index (κ2) is 7.97. The minimum Gasteiger partial charge on any atom is -0.379 e. The molecule has 4 aliphatic carbocycles. The Balaban J connectivity index is 1.18. The quantitative estimate of drug-likeness (QED) is 0.774. The predicted molar refractivity (Wildman–Crippen MR) is 102 cm³/mol. The van der Waals surface area contributed by atoms with Crippen molar-refractivity contribution in [1.29, 1.82) is 0 Å². The van der Waals surface area contributed by atoms with Gasteiger partial charge in [0, 0.05) is 38.8 Å². The van der Waals surface area contributed by atoms with Crippen LogP contribution >= 0.6 is 0 Å². The number of hydrogen-bond acceptors (Lipinski definition) is 5. The Labute approximate surface area is 162 Å². The van der Waals surface area contributed by atoms with Crippen LogP contribution in [0, 0.1) is 23.7 Å². The van der Waals surface area contributed by atoms with Gasteiger partial charge in [-0.15, -0.1) is 0 Å². The molecule has 6 aliphatic rings. The lowest BCUT2D eigenvalue weighted by molar-refractivity contribution is -0.136. The molecule has 0 aromatic carbocycles. The zero-order valence-corrected chi connectivity index (χ0v) is 16.5. The van der Waals surface area contributed by atoms with Crippen LogP contribution in [0.15, 0.2) is 0 Å². The van der Waals surface area contributed by atoms with Gasteiger partial charge in [-0.05, 0) is 55.8 Å². The third-order valence-electron chi connectivity index (χ3n) is 7.88. The van der Waals surface area contributed by atoms with Gasteiger partial charge >= 0.3 is 0 Å². The second-order valence-corrected chi connectivity index (χ2v) is 9.55. The molecule has 0 aromatic heterocycles. The van der Waals surface area contributed by atoms with Crippen molar-refractivity contribution >= 4 is 5.91 Å². The molecule has 4 bridgehead atoms. The van der Waals surface area contributed by atoms with Crippen LogP contribution in [0.25, 0.3) is 0 Å². The van der Waals surface area contributed by atoms with Crippen molar-refractivity contribution in [2.75, 3.05) is 59.2 Å². The van der Waals surface area contributed by atoms with E-state index in [4.69, 9.17) is 9.47 Å². The molecule has 6 rings (SSSR count). The predicted octanol–water partition coefficient (Wildman–Crippen LogP) is 0.960. The molecular formula is C21H35N3O3. The second-order valence-electron chi connectivity index (χ2n) is 9.55. The number of carbonyl (C=O) groups is 1. The van der Waals surface area contributed by atoms with E-state index in [1.807, 2.05) is 0 Å². The number of hydrogen-bond donors (Lipinski definition) is 1. The molecule has 6 nitrogen and oxygen atoms in total. The van der Waals surface area contributed by atoms with E-state index in [0.717, 1.165) is 76.2 Å². The molecule has 6 fully saturated rings. The number of ether oxygens (including phenoxy) is 2. The van der Waals surface area contributed by atoms with Crippen LogP contribution in [-0.4, -0.2) is 86.9 Å². The molecular weight excluding hydrogens is 342 g/mol. The van der Waals surface area contributed by atoms with Crippen molar-refractivity contribution in [3.63, 3.8) is 0 Å². The first-order chi connectivity index (χ1) is 13.3. The van der Waals surface area contributed by atoms with Crippen molar-refractivity contribution in [3.8, 4) is 0 Å². The third-order valence-corrected chi connectivity index (χ3v) is 7.88. The number of nitrogens with one attached hydrogen (secondary N) is 1. The maximum Gasteiger partial charge on any atom is 0.239 e. The molecule has 6 heteroatoms. The van der Waals surface area contributed by atoms with Gasteiger partial charge in [0.15, 0.2) is 0 Å². The molecule has 1 N–H and O–H groups in total. The summed E-state index contributed by atoms with van der Waals surface area (Å²) in [7, 11) is 0. The van der Waals surface area contributed by atoms with Crippen LogP contribution in [-0.2, 0) is 14.3 Å². The first-order valence-corrected chi connectivity index (χ1v) is 11.2. The van der Waals surface area contributed by atoms with E-state index in [2.05, 4.69) is 15.1 Å². The van der Waals surface area contributed by atoms with E-state index in [9.17, 15) is 4.79 Å². The SMILES string of the molecule is O=C(NC1C2CC3CC(C2)CC1C3)[C@H]1COCCN1CCN1CCOCC1. The molecule has 2 aliphatic heterocycles.